The van der Waals surface area contributed by atoms with Crippen LogP contribution in [0.2, 0.25) is 0 Å². The number of aromatic nitrogens is 5. The van der Waals surface area contributed by atoms with Crippen molar-refractivity contribution in [2.45, 2.75) is 6.54 Å². The van der Waals surface area contributed by atoms with Gasteiger partial charge in [0.25, 0.3) is 0 Å². The predicted octanol–water partition coefficient (Wildman–Crippen LogP) is 5.98. The van der Waals surface area contributed by atoms with Gasteiger partial charge in [-0.1, -0.05) is 6.07 Å². The lowest BCUT2D eigenvalue weighted by atomic mass is 10.0. The van der Waals surface area contributed by atoms with Gasteiger partial charge in [-0.15, -0.1) is 0 Å². The maximum Gasteiger partial charge on any atom is 0.127 e. The van der Waals surface area contributed by atoms with E-state index in [9.17, 15) is 4.39 Å². The molecule has 0 saturated heterocycles. The van der Waals surface area contributed by atoms with Crippen LogP contribution in [-0.2, 0) is 6.54 Å². The lowest BCUT2D eigenvalue weighted by molar-refractivity contribution is 0.260. The fourth-order valence-electron chi connectivity index (χ4n) is 5.04. The number of hydrogen-bond donors (Lipinski definition) is 2. The molecule has 0 amide bonds. The van der Waals surface area contributed by atoms with Crippen molar-refractivity contribution in [1.82, 2.24) is 34.9 Å². The Balaban J connectivity index is 1.37. The molecule has 0 aliphatic rings. The van der Waals surface area contributed by atoms with E-state index < -0.39 is 0 Å². The number of nitrogens with zero attached hydrogens (tertiary/aromatic N) is 5. The monoisotopic (exact) mass is 549 g/mol. The number of hydrogen-bond acceptors (Lipinski definition) is 6. The summed E-state index contributed by atoms with van der Waals surface area (Å²) in [4.78, 5) is 16.7. The number of halogens is 1. The molecular formula is C32H32FN7O. The standard InChI is InChI=1S/C32H32FN7O/c1-39(2)9-10-41-25-13-22(12-24(33)15-25)31-27-16-30(36-28(27)7-8-35-31)32-26-14-21(5-6-29(26)37-38-32)23-11-20(17-34-18-23)19-40(3)4/h5-8,11-18,36H,9-10,19H2,1-4H3,(H,37,38). The molecule has 6 rings (SSSR count). The van der Waals surface area contributed by atoms with E-state index in [1.807, 2.05) is 69.7 Å². The van der Waals surface area contributed by atoms with Crippen molar-refractivity contribution >= 4 is 21.8 Å². The van der Waals surface area contributed by atoms with Gasteiger partial charge in [0.1, 0.15) is 23.9 Å². The molecule has 2 aromatic carbocycles. The number of benzene rings is 2. The molecule has 4 heterocycles. The summed E-state index contributed by atoms with van der Waals surface area (Å²) in [5, 5.41) is 9.67. The zero-order chi connectivity index (χ0) is 28.5. The van der Waals surface area contributed by atoms with Crippen LogP contribution < -0.4 is 4.74 Å². The van der Waals surface area contributed by atoms with Crippen molar-refractivity contribution < 1.29 is 9.13 Å². The zero-order valence-corrected chi connectivity index (χ0v) is 23.6. The van der Waals surface area contributed by atoms with Gasteiger partial charge in [0, 0.05) is 65.2 Å². The molecule has 41 heavy (non-hydrogen) atoms. The van der Waals surface area contributed by atoms with E-state index >= 15 is 0 Å². The quantitative estimate of drug-likeness (QED) is 0.231. The molecule has 6 aromatic rings. The van der Waals surface area contributed by atoms with Gasteiger partial charge in [-0.25, -0.2) is 4.39 Å². The van der Waals surface area contributed by atoms with Gasteiger partial charge in [-0.05, 0) is 81.8 Å². The lowest BCUT2D eigenvalue weighted by Crippen LogP contribution is -2.19. The van der Waals surface area contributed by atoms with Gasteiger partial charge in [0.15, 0.2) is 0 Å². The minimum atomic E-state index is -0.369. The second kappa shape index (κ2) is 11.1. The molecule has 208 valence electrons. The van der Waals surface area contributed by atoms with Crippen molar-refractivity contribution in [3.8, 4) is 39.5 Å². The smallest absolute Gasteiger partial charge is 0.127 e. The maximum absolute atomic E-state index is 14.6. The lowest BCUT2D eigenvalue weighted by Gasteiger charge is -2.12. The topological polar surface area (TPSA) is 86.0 Å². The highest BCUT2D eigenvalue weighted by atomic mass is 19.1. The summed E-state index contributed by atoms with van der Waals surface area (Å²) in [6.07, 6.45) is 5.52. The van der Waals surface area contributed by atoms with Gasteiger partial charge in [-0.3, -0.25) is 15.1 Å². The molecule has 0 fully saturated rings. The van der Waals surface area contributed by atoms with Crippen molar-refractivity contribution in [1.29, 1.82) is 0 Å². The van der Waals surface area contributed by atoms with Gasteiger partial charge in [-0.2, -0.15) is 5.10 Å². The number of nitrogens with one attached hydrogen (secondary N) is 2. The van der Waals surface area contributed by atoms with Crippen LogP contribution in [-0.4, -0.2) is 76.3 Å². The summed E-state index contributed by atoms with van der Waals surface area (Å²) in [6, 6.07) is 17.1. The van der Waals surface area contributed by atoms with Crippen LogP contribution in [0.15, 0.2) is 73.2 Å². The van der Waals surface area contributed by atoms with Gasteiger partial charge in [0.05, 0.1) is 16.9 Å². The number of likely N-dealkylation sites (N-methyl/N-ethyl adjacent to an activating group) is 1. The van der Waals surface area contributed by atoms with Crippen molar-refractivity contribution in [2.75, 3.05) is 41.3 Å². The van der Waals surface area contributed by atoms with Crippen LogP contribution in [0.25, 0.3) is 55.6 Å². The second-order valence-corrected chi connectivity index (χ2v) is 10.8. The zero-order valence-electron chi connectivity index (χ0n) is 23.6. The number of aromatic amines is 2. The molecule has 0 aliphatic carbocycles. The molecule has 0 aliphatic heterocycles. The SMILES string of the molecule is CN(C)CCOc1cc(F)cc(-c2nccc3[nH]c(-c4n[nH]c5ccc(-c6cncc(CN(C)C)c6)cc45)cc23)c1. The highest BCUT2D eigenvalue weighted by Gasteiger charge is 2.16. The molecule has 0 radical (unpaired) electrons. The molecule has 4 aromatic heterocycles. The Bertz CT molecular complexity index is 1840. The van der Waals surface area contributed by atoms with E-state index in [0.717, 1.165) is 63.0 Å². The summed E-state index contributed by atoms with van der Waals surface area (Å²) in [6.45, 7) is 2.02. The second-order valence-electron chi connectivity index (χ2n) is 10.8. The third kappa shape index (κ3) is 5.68. The molecule has 0 bridgehead atoms. The number of rotatable bonds is 9. The Morgan fingerprint density at radius 2 is 1.66 bits per heavy atom. The number of pyridine rings is 2. The Morgan fingerprint density at radius 1 is 0.805 bits per heavy atom. The molecular weight excluding hydrogens is 517 g/mol. The van der Waals surface area contributed by atoms with Crippen molar-refractivity contribution in [3.63, 3.8) is 0 Å². The number of ether oxygens (including phenoxy) is 1. The molecule has 2 N–H and O–H groups in total. The van der Waals surface area contributed by atoms with Gasteiger partial charge in [0.2, 0.25) is 0 Å². The molecule has 0 atom stereocenters. The third-order valence-electron chi connectivity index (χ3n) is 6.95. The summed E-state index contributed by atoms with van der Waals surface area (Å²) in [5.74, 6) is 0.109. The first-order valence-electron chi connectivity index (χ1n) is 13.5. The summed E-state index contributed by atoms with van der Waals surface area (Å²) >= 11 is 0. The van der Waals surface area contributed by atoms with Crippen LogP contribution in [0.5, 0.6) is 5.75 Å². The first kappa shape index (κ1) is 26.6. The first-order chi connectivity index (χ1) is 19.8. The van der Waals surface area contributed by atoms with E-state index in [0.29, 0.717) is 23.6 Å². The molecule has 0 saturated carbocycles. The fourth-order valence-corrected chi connectivity index (χ4v) is 5.04. The highest BCUT2D eigenvalue weighted by Crippen LogP contribution is 2.35. The molecule has 0 spiro atoms. The fraction of sp³-hybridized carbons (Fsp3) is 0.219. The Morgan fingerprint density at radius 3 is 2.49 bits per heavy atom. The number of H-pyrrole nitrogens is 2. The molecule has 8 nitrogen and oxygen atoms in total. The van der Waals surface area contributed by atoms with Crippen LogP contribution in [0.3, 0.4) is 0 Å². The number of fused-ring (bicyclic) bond motifs is 2. The van der Waals surface area contributed by atoms with Gasteiger partial charge >= 0.3 is 0 Å². The molecule has 0 unspecified atom stereocenters. The first-order valence-corrected chi connectivity index (χ1v) is 13.5. The predicted molar refractivity (Wildman–Crippen MR) is 161 cm³/mol. The maximum atomic E-state index is 14.6. The van der Waals surface area contributed by atoms with E-state index in [1.165, 1.54) is 12.1 Å². The van der Waals surface area contributed by atoms with E-state index in [4.69, 9.17) is 4.74 Å². The van der Waals surface area contributed by atoms with Crippen LogP contribution in [0.4, 0.5) is 4.39 Å². The third-order valence-corrected chi connectivity index (χ3v) is 6.95. The Kier molecular flexibility index (Phi) is 7.21. The highest BCUT2D eigenvalue weighted by molar-refractivity contribution is 6.00. The largest absolute Gasteiger partial charge is 0.492 e. The van der Waals surface area contributed by atoms with Crippen LogP contribution in [0, 0.1) is 5.82 Å². The van der Waals surface area contributed by atoms with Gasteiger partial charge < -0.3 is 19.5 Å². The summed E-state index contributed by atoms with van der Waals surface area (Å²) in [5.41, 5.74) is 8.06. The average Bonchev–Trinajstić information content (AvgIpc) is 3.56. The Hall–Kier alpha value is -4.60. The van der Waals surface area contributed by atoms with E-state index in [-0.39, 0.29) is 5.82 Å². The normalized spacial score (nSPS) is 11.8. The summed E-state index contributed by atoms with van der Waals surface area (Å²) < 4.78 is 20.4. The van der Waals surface area contributed by atoms with Crippen molar-refractivity contribution in [2.24, 2.45) is 0 Å². The molecule has 9 heteroatoms. The minimum absolute atomic E-state index is 0.369. The summed E-state index contributed by atoms with van der Waals surface area (Å²) in [7, 11) is 8.04. The van der Waals surface area contributed by atoms with E-state index in [2.05, 4.69) is 48.2 Å². The van der Waals surface area contributed by atoms with Crippen molar-refractivity contribution in [3.05, 3.63) is 84.6 Å². The van der Waals surface area contributed by atoms with E-state index in [1.54, 1.807) is 6.20 Å². The Labute approximate surface area is 237 Å². The minimum Gasteiger partial charge on any atom is -0.492 e. The van der Waals surface area contributed by atoms with Crippen LogP contribution in [0.1, 0.15) is 5.56 Å². The average molecular weight is 550 g/mol. The van der Waals surface area contributed by atoms with Crippen LogP contribution >= 0.6 is 0 Å².